The molecule has 3 aromatic rings. The number of rotatable bonds is 2. The summed E-state index contributed by atoms with van der Waals surface area (Å²) in [5, 5.41) is 1.13. The van der Waals surface area contributed by atoms with Crippen LogP contribution in [-0.4, -0.2) is 20.7 Å². The molecule has 3 heterocycles. The number of carbonyl (C=O) groups is 1. The Kier molecular flexibility index (Phi) is 3.08. The van der Waals surface area contributed by atoms with E-state index in [1.165, 1.54) is 6.20 Å². The fraction of sp³-hybridized carbons (Fsp3) is 0. The van der Waals surface area contributed by atoms with Crippen molar-refractivity contribution in [3.8, 4) is 0 Å². The van der Waals surface area contributed by atoms with Gasteiger partial charge in [-0.05, 0) is 34.1 Å². The summed E-state index contributed by atoms with van der Waals surface area (Å²) >= 11 is 9.06. The van der Waals surface area contributed by atoms with Crippen molar-refractivity contribution in [1.82, 2.24) is 15.0 Å². The largest absolute Gasteiger partial charge is 0.345 e. The summed E-state index contributed by atoms with van der Waals surface area (Å²) in [6.45, 7) is 0. The number of nitrogens with zero attached hydrogens (tertiary/aromatic N) is 2. The van der Waals surface area contributed by atoms with Crippen LogP contribution in [0.5, 0.6) is 0 Å². The van der Waals surface area contributed by atoms with Crippen molar-refractivity contribution in [2.75, 3.05) is 0 Å². The van der Waals surface area contributed by atoms with Gasteiger partial charge in [-0.15, -0.1) is 0 Å². The minimum absolute atomic E-state index is 0.115. The number of nitrogens with one attached hydrogen (secondary N) is 1. The minimum atomic E-state index is -0.115. The van der Waals surface area contributed by atoms with Crippen molar-refractivity contribution in [2.24, 2.45) is 0 Å². The highest BCUT2D eigenvalue weighted by Gasteiger charge is 2.15. The first-order chi connectivity index (χ1) is 9.15. The Labute approximate surface area is 122 Å². The maximum absolute atomic E-state index is 12.4. The van der Waals surface area contributed by atoms with Gasteiger partial charge in [0.2, 0.25) is 0 Å². The van der Waals surface area contributed by atoms with E-state index in [0.717, 1.165) is 9.86 Å². The lowest BCUT2D eigenvalue weighted by Crippen LogP contribution is -2.00. The van der Waals surface area contributed by atoms with E-state index < -0.39 is 0 Å². The molecule has 3 aromatic heterocycles. The predicted molar refractivity (Wildman–Crippen MR) is 76.5 cm³/mol. The topological polar surface area (TPSA) is 58.6 Å². The summed E-state index contributed by atoms with van der Waals surface area (Å²) < 4.78 is 0.822. The monoisotopic (exact) mass is 335 g/mol. The standard InChI is InChI=1S/C13H7BrClN3O/c14-8-3-9-10(6-18-13(9)17-5-8)12(19)7-1-2-11(15)16-4-7/h1-6H,(H,17,18). The molecule has 0 aliphatic heterocycles. The summed E-state index contributed by atoms with van der Waals surface area (Å²) in [4.78, 5) is 23.5. The van der Waals surface area contributed by atoms with Gasteiger partial charge >= 0.3 is 0 Å². The van der Waals surface area contributed by atoms with Gasteiger partial charge in [0.05, 0.1) is 0 Å². The molecule has 0 saturated heterocycles. The van der Waals surface area contributed by atoms with E-state index in [1.54, 1.807) is 24.5 Å². The third-order valence-electron chi connectivity index (χ3n) is 2.73. The Balaban J connectivity index is 2.11. The zero-order valence-electron chi connectivity index (χ0n) is 9.52. The molecular formula is C13H7BrClN3O. The van der Waals surface area contributed by atoms with Gasteiger partial charge in [0.15, 0.2) is 5.78 Å². The number of carbonyl (C=O) groups excluding carboxylic acids is 1. The molecule has 6 heteroatoms. The molecule has 3 rings (SSSR count). The highest BCUT2D eigenvalue weighted by Crippen LogP contribution is 2.23. The molecule has 0 fully saturated rings. The third-order valence-corrected chi connectivity index (χ3v) is 3.39. The van der Waals surface area contributed by atoms with Gasteiger partial charge in [0.1, 0.15) is 10.8 Å². The lowest BCUT2D eigenvalue weighted by Gasteiger charge is -1.99. The van der Waals surface area contributed by atoms with E-state index in [4.69, 9.17) is 11.6 Å². The fourth-order valence-electron chi connectivity index (χ4n) is 1.83. The van der Waals surface area contributed by atoms with E-state index in [1.807, 2.05) is 6.07 Å². The number of H-pyrrole nitrogens is 1. The van der Waals surface area contributed by atoms with Crippen LogP contribution in [0.4, 0.5) is 0 Å². The predicted octanol–water partition coefficient (Wildman–Crippen LogP) is 3.60. The van der Waals surface area contributed by atoms with Crippen LogP contribution in [0.25, 0.3) is 11.0 Å². The van der Waals surface area contributed by atoms with E-state index in [-0.39, 0.29) is 5.78 Å². The highest BCUT2D eigenvalue weighted by molar-refractivity contribution is 9.10. The molecule has 0 aromatic carbocycles. The second-order valence-corrected chi connectivity index (χ2v) is 5.25. The molecule has 0 spiro atoms. The van der Waals surface area contributed by atoms with E-state index in [9.17, 15) is 4.79 Å². The number of halogens is 2. The van der Waals surface area contributed by atoms with Crippen molar-refractivity contribution in [3.05, 3.63) is 57.5 Å². The summed E-state index contributed by atoms with van der Waals surface area (Å²) in [7, 11) is 0. The number of pyridine rings is 2. The van der Waals surface area contributed by atoms with E-state index in [2.05, 4.69) is 30.9 Å². The molecule has 0 radical (unpaired) electrons. The van der Waals surface area contributed by atoms with Crippen molar-refractivity contribution in [1.29, 1.82) is 0 Å². The van der Waals surface area contributed by atoms with Crippen LogP contribution in [0.1, 0.15) is 15.9 Å². The number of fused-ring (bicyclic) bond motifs is 1. The average molecular weight is 337 g/mol. The van der Waals surface area contributed by atoms with E-state index >= 15 is 0 Å². The van der Waals surface area contributed by atoms with Gasteiger partial charge in [-0.2, -0.15) is 0 Å². The van der Waals surface area contributed by atoms with Gasteiger partial charge in [0.25, 0.3) is 0 Å². The summed E-state index contributed by atoms with van der Waals surface area (Å²) in [5.41, 5.74) is 1.73. The molecule has 0 atom stereocenters. The van der Waals surface area contributed by atoms with Gasteiger partial charge in [-0.25, -0.2) is 9.97 Å². The maximum Gasteiger partial charge on any atom is 0.196 e. The second kappa shape index (κ2) is 4.75. The van der Waals surface area contributed by atoms with Crippen LogP contribution >= 0.6 is 27.5 Å². The molecule has 1 N–H and O–H groups in total. The lowest BCUT2D eigenvalue weighted by atomic mass is 10.1. The van der Waals surface area contributed by atoms with Crippen molar-refractivity contribution < 1.29 is 4.79 Å². The molecule has 0 unspecified atom stereocenters. The zero-order valence-corrected chi connectivity index (χ0v) is 11.9. The molecule has 0 aliphatic carbocycles. The zero-order chi connectivity index (χ0) is 13.4. The van der Waals surface area contributed by atoms with Crippen LogP contribution in [0.2, 0.25) is 5.15 Å². The maximum atomic E-state index is 12.4. The van der Waals surface area contributed by atoms with Crippen LogP contribution in [0.3, 0.4) is 0 Å². The fourth-order valence-corrected chi connectivity index (χ4v) is 2.27. The lowest BCUT2D eigenvalue weighted by molar-refractivity contribution is 0.104. The van der Waals surface area contributed by atoms with Crippen LogP contribution in [0, 0.1) is 0 Å². The minimum Gasteiger partial charge on any atom is -0.345 e. The van der Waals surface area contributed by atoms with Crippen LogP contribution < -0.4 is 0 Å². The molecular weight excluding hydrogens is 330 g/mol. The number of aromatic nitrogens is 3. The Hall–Kier alpha value is -1.72. The quantitative estimate of drug-likeness (QED) is 0.574. The summed E-state index contributed by atoms with van der Waals surface area (Å²) in [6.07, 6.45) is 4.80. The van der Waals surface area contributed by atoms with Gasteiger partial charge in [-0.1, -0.05) is 11.6 Å². The first kappa shape index (κ1) is 12.3. The first-order valence-corrected chi connectivity index (χ1v) is 6.61. The molecule has 0 aliphatic rings. The number of ketones is 1. The third kappa shape index (κ3) is 2.27. The SMILES string of the molecule is O=C(c1ccc(Cl)nc1)c1c[nH]c2ncc(Br)cc12. The smallest absolute Gasteiger partial charge is 0.196 e. The Bertz CT molecular complexity index is 767. The average Bonchev–Trinajstić information content (AvgIpc) is 2.81. The molecule has 0 amide bonds. The molecule has 4 nitrogen and oxygen atoms in total. The number of hydrogen-bond donors (Lipinski definition) is 1. The number of aromatic amines is 1. The first-order valence-electron chi connectivity index (χ1n) is 5.44. The van der Waals surface area contributed by atoms with E-state index in [0.29, 0.717) is 21.9 Å². The van der Waals surface area contributed by atoms with Crippen LogP contribution in [0.15, 0.2) is 41.3 Å². The van der Waals surface area contributed by atoms with Crippen molar-refractivity contribution in [2.45, 2.75) is 0 Å². The van der Waals surface area contributed by atoms with Gasteiger partial charge < -0.3 is 4.98 Å². The molecule has 0 saturated carbocycles. The molecule has 0 bridgehead atoms. The highest BCUT2D eigenvalue weighted by atomic mass is 79.9. The van der Waals surface area contributed by atoms with Gasteiger partial charge in [0, 0.05) is 39.6 Å². The Morgan fingerprint density at radius 3 is 2.84 bits per heavy atom. The van der Waals surface area contributed by atoms with Crippen molar-refractivity contribution >= 4 is 44.3 Å². The summed E-state index contributed by atoms with van der Waals surface area (Å²) in [6, 6.07) is 5.11. The molecule has 19 heavy (non-hydrogen) atoms. The Morgan fingerprint density at radius 1 is 1.26 bits per heavy atom. The number of hydrogen-bond acceptors (Lipinski definition) is 3. The normalized spacial score (nSPS) is 10.8. The van der Waals surface area contributed by atoms with Gasteiger partial charge in [-0.3, -0.25) is 4.79 Å². The Morgan fingerprint density at radius 2 is 2.11 bits per heavy atom. The molecule has 94 valence electrons. The summed E-state index contributed by atoms with van der Waals surface area (Å²) in [5.74, 6) is -0.115. The van der Waals surface area contributed by atoms with Crippen molar-refractivity contribution in [3.63, 3.8) is 0 Å². The second-order valence-electron chi connectivity index (χ2n) is 3.95. The van der Waals surface area contributed by atoms with Crippen LogP contribution in [-0.2, 0) is 0 Å².